The Bertz CT molecular complexity index is 400. The lowest BCUT2D eigenvalue weighted by atomic mass is 9.79. The highest BCUT2D eigenvalue weighted by Gasteiger charge is 2.31. The van der Waals surface area contributed by atoms with Crippen LogP contribution in [-0.2, 0) is 5.41 Å². The summed E-state index contributed by atoms with van der Waals surface area (Å²) in [7, 11) is 2.22. The van der Waals surface area contributed by atoms with Crippen molar-refractivity contribution in [3.05, 3.63) is 34.9 Å². The molecule has 1 atom stereocenters. The zero-order valence-corrected chi connectivity index (χ0v) is 11.5. The van der Waals surface area contributed by atoms with Gasteiger partial charge < -0.3 is 10.2 Å². The van der Waals surface area contributed by atoms with Gasteiger partial charge in [-0.1, -0.05) is 30.7 Å². The SMILES string of the molecule is Cc1ccc(C)c(C2(C)CNCCN(C)C2)c1. The second-order valence-corrected chi connectivity index (χ2v) is 5.79. The number of nitrogens with one attached hydrogen (secondary N) is 1. The van der Waals surface area contributed by atoms with E-state index < -0.39 is 0 Å². The first-order chi connectivity index (χ1) is 8.01. The summed E-state index contributed by atoms with van der Waals surface area (Å²) in [6, 6.07) is 6.81. The van der Waals surface area contributed by atoms with E-state index in [1.54, 1.807) is 0 Å². The molecule has 2 rings (SSSR count). The largest absolute Gasteiger partial charge is 0.315 e. The van der Waals surface area contributed by atoms with Gasteiger partial charge in [0.2, 0.25) is 0 Å². The van der Waals surface area contributed by atoms with Crippen LogP contribution in [0.15, 0.2) is 18.2 Å². The molecule has 0 amide bonds. The Morgan fingerprint density at radius 1 is 1.29 bits per heavy atom. The molecular formula is C15H24N2. The molecule has 1 heterocycles. The normalized spacial score (nSPS) is 26.8. The maximum atomic E-state index is 3.57. The van der Waals surface area contributed by atoms with Crippen molar-refractivity contribution in [1.82, 2.24) is 10.2 Å². The molecule has 1 unspecified atom stereocenters. The van der Waals surface area contributed by atoms with Gasteiger partial charge in [0.1, 0.15) is 0 Å². The Morgan fingerprint density at radius 2 is 2.06 bits per heavy atom. The molecule has 1 saturated heterocycles. The molecule has 2 nitrogen and oxygen atoms in total. The Morgan fingerprint density at radius 3 is 2.82 bits per heavy atom. The highest BCUT2D eigenvalue weighted by atomic mass is 15.1. The number of hydrogen-bond acceptors (Lipinski definition) is 2. The van der Waals surface area contributed by atoms with Crippen molar-refractivity contribution in [2.24, 2.45) is 0 Å². The van der Waals surface area contributed by atoms with Crippen molar-refractivity contribution in [2.45, 2.75) is 26.2 Å². The molecule has 1 aliphatic rings. The van der Waals surface area contributed by atoms with E-state index in [9.17, 15) is 0 Å². The third-order valence-corrected chi connectivity index (χ3v) is 3.85. The first-order valence-electron chi connectivity index (χ1n) is 6.48. The van der Waals surface area contributed by atoms with Gasteiger partial charge >= 0.3 is 0 Å². The van der Waals surface area contributed by atoms with Crippen molar-refractivity contribution < 1.29 is 0 Å². The topological polar surface area (TPSA) is 15.3 Å². The second-order valence-electron chi connectivity index (χ2n) is 5.79. The van der Waals surface area contributed by atoms with Crippen LogP contribution in [0.1, 0.15) is 23.6 Å². The molecule has 94 valence electrons. The van der Waals surface area contributed by atoms with Crippen LogP contribution < -0.4 is 5.32 Å². The number of benzene rings is 1. The van der Waals surface area contributed by atoms with E-state index in [1.165, 1.54) is 16.7 Å². The van der Waals surface area contributed by atoms with Crippen LogP contribution >= 0.6 is 0 Å². The van der Waals surface area contributed by atoms with E-state index in [-0.39, 0.29) is 5.41 Å². The molecule has 0 aromatic heterocycles. The van der Waals surface area contributed by atoms with Gasteiger partial charge in [0, 0.05) is 31.6 Å². The smallest absolute Gasteiger partial charge is 0.0179 e. The minimum absolute atomic E-state index is 0.224. The van der Waals surface area contributed by atoms with Crippen molar-refractivity contribution in [1.29, 1.82) is 0 Å². The molecule has 2 heteroatoms. The predicted octanol–water partition coefficient (Wildman–Crippen LogP) is 2.10. The lowest BCUT2D eigenvalue weighted by Crippen LogP contribution is -2.40. The molecule has 1 fully saturated rings. The fourth-order valence-electron chi connectivity index (χ4n) is 2.93. The summed E-state index contributed by atoms with van der Waals surface area (Å²) in [4.78, 5) is 2.43. The lowest BCUT2D eigenvalue weighted by molar-refractivity contribution is 0.289. The van der Waals surface area contributed by atoms with Crippen LogP contribution in [0.2, 0.25) is 0 Å². The van der Waals surface area contributed by atoms with Crippen LogP contribution in [0.4, 0.5) is 0 Å². The molecule has 1 aliphatic heterocycles. The van der Waals surface area contributed by atoms with Crippen LogP contribution in [0, 0.1) is 13.8 Å². The zero-order chi connectivity index (χ0) is 12.5. The molecule has 0 spiro atoms. The molecule has 0 radical (unpaired) electrons. The van der Waals surface area contributed by atoms with Crippen molar-refractivity contribution in [3.63, 3.8) is 0 Å². The number of aryl methyl sites for hydroxylation is 2. The molecular weight excluding hydrogens is 208 g/mol. The van der Waals surface area contributed by atoms with Gasteiger partial charge in [-0.15, -0.1) is 0 Å². The minimum atomic E-state index is 0.224. The summed E-state index contributed by atoms with van der Waals surface area (Å²) in [5, 5.41) is 3.57. The van der Waals surface area contributed by atoms with Crippen LogP contribution in [0.5, 0.6) is 0 Å². The molecule has 1 aromatic rings. The fraction of sp³-hybridized carbons (Fsp3) is 0.600. The van der Waals surface area contributed by atoms with Gasteiger partial charge in [-0.05, 0) is 32.0 Å². The van der Waals surface area contributed by atoms with Crippen LogP contribution in [0.25, 0.3) is 0 Å². The summed E-state index contributed by atoms with van der Waals surface area (Å²) in [6.07, 6.45) is 0. The van der Waals surface area contributed by atoms with E-state index in [4.69, 9.17) is 0 Å². The average Bonchev–Trinajstić information content (AvgIpc) is 2.44. The number of rotatable bonds is 1. The molecule has 0 saturated carbocycles. The summed E-state index contributed by atoms with van der Waals surface area (Å²) in [5.41, 5.74) is 4.49. The molecule has 17 heavy (non-hydrogen) atoms. The Labute approximate surface area is 105 Å². The molecule has 1 aromatic carbocycles. The third kappa shape index (κ3) is 2.70. The monoisotopic (exact) mass is 232 g/mol. The highest BCUT2D eigenvalue weighted by molar-refractivity contribution is 5.37. The third-order valence-electron chi connectivity index (χ3n) is 3.85. The Hall–Kier alpha value is -0.860. The standard InChI is InChI=1S/C15H24N2/c1-12-5-6-13(2)14(9-12)15(3)10-16-7-8-17(4)11-15/h5-6,9,16H,7-8,10-11H2,1-4H3. The predicted molar refractivity (Wildman–Crippen MR) is 73.6 cm³/mol. The summed E-state index contributed by atoms with van der Waals surface area (Å²) in [6.45, 7) is 11.2. The number of likely N-dealkylation sites (N-methyl/N-ethyl adjacent to an activating group) is 1. The van der Waals surface area contributed by atoms with Crippen LogP contribution in [-0.4, -0.2) is 38.1 Å². The highest BCUT2D eigenvalue weighted by Crippen LogP contribution is 2.29. The van der Waals surface area contributed by atoms with E-state index in [0.717, 1.165) is 26.2 Å². The summed E-state index contributed by atoms with van der Waals surface area (Å²) >= 11 is 0. The van der Waals surface area contributed by atoms with Gasteiger partial charge in [0.25, 0.3) is 0 Å². The number of hydrogen-bond donors (Lipinski definition) is 1. The van der Waals surface area contributed by atoms with E-state index >= 15 is 0 Å². The van der Waals surface area contributed by atoms with Crippen molar-refractivity contribution in [2.75, 3.05) is 33.2 Å². The number of nitrogens with zero attached hydrogens (tertiary/aromatic N) is 1. The van der Waals surface area contributed by atoms with Gasteiger partial charge in [0.15, 0.2) is 0 Å². The van der Waals surface area contributed by atoms with Gasteiger partial charge in [-0.25, -0.2) is 0 Å². The first-order valence-corrected chi connectivity index (χ1v) is 6.48. The molecule has 0 aliphatic carbocycles. The zero-order valence-electron chi connectivity index (χ0n) is 11.5. The maximum Gasteiger partial charge on any atom is 0.0179 e. The first kappa shape index (κ1) is 12.6. The quantitative estimate of drug-likeness (QED) is 0.797. The lowest BCUT2D eigenvalue weighted by Gasteiger charge is -2.33. The van der Waals surface area contributed by atoms with E-state index in [0.29, 0.717) is 0 Å². The average molecular weight is 232 g/mol. The second kappa shape index (κ2) is 4.79. The summed E-state index contributed by atoms with van der Waals surface area (Å²) in [5.74, 6) is 0. The minimum Gasteiger partial charge on any atom is -0.315 e. The van der Waals surface area contributed by atoms with Gasteiger partial charge in [-0.2, -0.15) is 0 Å². The van der Waals surface area contributed by atoms with Crippen molar-refractivity contribution in [3.8, 4) is 0 Å². The Balaban J connectivity index is 2.38. The van der Waals surface area contributed by atoms with E-state index in [1.807, 2.05) is 0 Å². The van der Waals surface area contributed by atoms with Gasteiger partial charge in [0.05, 0.1) is 0 Å². The maximum absolute atomic E-state index is 3.57. The molecule has 1 N–H and O–H groups in total. The molecule has 0 bridgehead atoms. The summed E-state index contributed by atoms with van der Waals surface area (Å²) < 4.78 is 0. The van der Waals surface area contributed by atoms with Crippen LogP contribution in [0.3, 0.4) is 0 Å². The van der Waals surface area contributed by atoms with E-state index in [2.05, 4.69) is 56.2 Å². The van der Waals surface area contributed by atoms with Gasteiger partial charge in [-0.3, -0.25) is 0 Å². The fourth-order valence-corrected chi connectivity index (χ4v) is 2.93. The Kier molecular flexibility index (Phi) is 3.55. The van der Waals surface area contributed by atoms with Crippen molar-refractivity contribution >= 4 is 0 Å².